The fraction of sp³-hybridized carbons (Fsp3) is 0.200. The van der Waals surface area contributed by atoms with Crippen molar-refractivity contribution in [1.29, 1.82) is 0 Å². The van der Waals surface area contributed by atoms with Crippen molar-refractivity contribution < 1.29 is 4.79 Å². The summed E-state index contributed by atoms with van der Waals surface area (Å²) in [6.45, 7) is 5.63. The van der Waals surface area contributed by atoms with Crippen LogP contribution in [0.3, 0.4) is 0 Å². The van der Waals surface area contributed by atoms with E-state index in [1.807, 2.05) is 35.9 Å². The van der Waals surface area contributed by atoms with Crippen LogP contribution in [-0.2, 0) is 4.79 Å². The molecule has 3 aromatic rings. The van der Waals surface area contributed by atoms with Crippen molar-refractivity contribution in [2.45, 2.75) is 26.9 Å². The molecule has 0 saturated carbocycles. The first kappa shape index (κ1) is 15.4. The number of fused-ring (bicyclic) bond motifs is 3. The first-order valence-corrected chi connectivity index (χ1v) is 8.33. The van der Waals surface area contributed by atoms with Gasteiger partial charge in [0.25, 0.3) is 0 Å². The molecule has 1 atom stereocenters. The molecule has 0 saturated heterocycles. The van der Waals surface area contributed by atoms with Gasteiger partial charge in [-0.1, -0.05) is 30.3 Å². The van der Waals surface area contributed by atoms with E-state index in [2.05, 4.69) is 41.8 Å². The lowest BCUT2D eigenvalue weighted by molar-refractivity contribution is -0.114. The standard InChI is InChI=1S/C20H20N4O/c1-12-5-4-6-17-18-11-13(2)23-24(18)20(22-19(12)17)15-7-9-16(10-8-15)21-14(3)25/h4-11,20,22H,1-3H3,(H,21,25)/t20-/m0/s1. The molecule has 0 fully saturated rings. The lowest BCUT2D eigenvalue weighted by Gasteiger charge is -2.30. The summed E-state index contributed by atoms with van der Waals surface area (Å²) in [4.78, 5) is 11.2. The number of nitrogens with one attached hydrogen (secondary N) is 2. The summed E-state index contributed by atoms with van der Waals surface area (Å²) >= 11 is 0. The number of hydrogen-bond acceptors (Lipinski definition) is 3. The molecule has 0 spiro atoms. The Kier molecular flexibility index (Phi) is 3.57. The van der Waals surface area contributed by atoms with Crippen LogP contribution in [0.1, 0.15) is 29.9 Å². The van der Waals surface area contributed by atoms with E-state index in [1.165, 1.54) is 18.1 Å². The molecule has 0 unspecified atom stereocenters. The number of aromatic nitrogens is 2. The largest absolute Gasteiger partial charge is 0.359 e. The van der Waals surface area contributed by atoms with E-state index in [-0.39, 0.29) is 12.1 Å². The number of rotatable bonds is 2. The van der Waals surface area contributed by atoms with Crippen LogP contribution in [0, 0.1) is 13.8 Å². The number of carbonyl (C=O) groups excluding carboxylic acids is 1. The lowest BCUT2D eigenvalue weighted by atomic mass is 10.0. The highest BCUT2D eigenvalue weighted by Crippen LogP contribution is 2.40. The highest BCUT2D eigenvalue weighted by molar-refractivity contribution is 5.88. The van der Waals surface area contributed by atoms with Gasteiger partial charge in [-0.05, 0) is 43.2 Å². The average molecular weight is 332 g/mol. The fourth-order valence-electron chi connectivity index (χ4n) is 3.36. The number of aryl methyl sites for hydroxylation is 2. The van der Waals surface area contributed by atoms with Crippen molar-refractivity contribution >= 4 is 17.3 Å². The van der Waals surface area contributed by atoms with E-state index >= 15 is 0 Å². The minimum absolute atomic E-state index is 0.0712. The minimum Gasteiger partial charge on any atom is -0.359 e. The molecule has 25 heavy (non-hydrogen) atoms. The summed E-state index contributed by atoms with van der Waals surface area (Å²) in [5.41, 5.74) is 7.52. The topological polar surface area (TPSA) is 59.0 Å². The number of amides is 1. The molecule has 2 heterocycles. The predicted molar refractivity (Wildman–Crippen MR) is 99.6 cm³/mol. The molecule has 1 aromatic heterocycles. The van der Waals surface area contributed by atoms with Gasteiger partial charge in [0, 0.05) is 23.9 Å². The van der Waals surface area contributed by atoms with E-state index in [9.17, 15) is 4.79 Å². The van der Waals surface area contributed by atoms with Gasteiger partial charge in [0.05, 0.1) is 11.4 Å². The second-order valence-electron chi connectivity index (χ2n) is 6.46. The van der Waals surface area contributed by atoms with Crippen molar-refractivity contribution in [1.82, 2.24) is 9.78 Å². The third kappa shape index (κ3) is 2.67. The number of nitrogens with zero attached hydrogens (tertiary/aromatic N) is 2. The molecule has 5 heteroatoms. The van der Waals surface area contributed by atoms with Gasteiger partial charge in [-0.2, -0.15) is 5.10 Å². The normalized spacial score (nSPS) is 15.1. The third-order valence-electron chi connectivity index (χ3n) is 4.48. The molecule has 2 aromatic carbocycles. The monoisotopic (exact) mass is 332 g/mol. The summed E-state index contributed by atoms with van der Waals surface area (Å²) in [6, 6.07) is 16.3. The van der Waals surface area contributed by atoms with E-state index < -0.39 is 0 Å². The molecule has 1 aliphatic heterocycles. The van der Waals surface area contributed by atoms with E-state index in [4.69, 9.17) is 5.10 Å². The van der Waals surface area contributed by atoms with Crippen molar-refractivity contribution in [3.8, 4) is 11.3 Å². The lowest BCUT2D eigenvalue weighted by Crippen LogP contribution is -2.26. The maximum Gasteiger partial charge on any atom is 0.221 e. The van der Waals surface area contributed by atoms with E-state index in [0.29, 0.717) is 0 Å². The summed E-state index contributed by atoms with van der Waals surface area (Å²) in [5, 5.41) is 11.1. The van der Waals surface area contributed by atoms with Crippen LogP contribution in [0.25, 0.3) is 11.3 Å². The molecule has 0 aliphatic carbocycles. The molecule has 4 rings (SSSR count). The number of hydrogen-bond donors (Lipinski definition) is 2. The van der Waals surface area contributed by atoms with Crippen molar-refractivity contribution in [2.75, 3.05) is 10.6 Å². The van der Waals surface area contributed by atoms with Gasteiger partial charge in [-0.3, -0.25) is 4.79 Å². The zero-order valence-electron chi connectivity index (χ0n) is 14.5. The van der Waals surface area contributed by atoms with Gasteiger partial charge in [0.1, 0.15) is 6.17 Å². The third-order valence-corrected chi connectivity index (χ3v) is 4.48. The number of anilines is 2. The van der Waals surface area contributed by atoms with Crippen LogP contribution < -0.4 is 10.6 Å². The average Bonchev–Trinajstić information content (AvgIpc) is 2.97. The van der Waals surface area contributed by atoms with Crippen molar-refractivity contribution in [3.63, 3.8) is 0 Å². The van der Waals surface area contributed by atoms with Crippen molar-refractivity contribution in [2.24, 2.45) is 0 Å². The first-order valence-electron chi connectivity index (χ1n) is 8.33. The van der Waals surface area contributed by atoms with Gasteiger partial charge >= 0.3 is 0 Å². The Morgan fingerprint density at radius 2 is 1.92 bits per heavy atom. The second-order valence-corrected chi connectivity index (χ2v) is 6.46. The maximum absolute atomic E-state index is 11.2. The first-order chi connectivity index (χ1) is 12.0. The molecule has 5 nitrogen and oxygen atoms in total. The van der Waals surface area contributed by atoms with Gasteiger partial charge in [-0.25, -0.2) is 4.68 Å². The molecule has 126 valence electrons. The minimum atomic E-state index is -0.0799. The molecular formula is C20H20N4O. The summed E-state index contributed by atoms with van der Waals surface area (Å²) in [7, 11) is 0. The SMILES string of the molecule is CC(=O)Nc1ccc([C@H]2Nc3c(C)cccc3-c3cc(C)nn32)cc1. The molecule has 0 bridgehead atoms. The van der Waals surface area contributed by atoms with Crippen molar-refractivity contribution in [3.05, 3.63) is 65.4 Å². The molecular weight excluding hydrogens is 312 g/mol. The smallest absolute Gasteiger partial charge is 0.221 e. The maximum atomic E-state index is 11.2. The second kappa shape index (κ2) is 5.77. The van der Waals surface area contributed by atoms with Crippen LogP contribution in [0.4, 0.5) is 11.4 Å². The van der Waals surface area contributed by atoms with E-state index in [0.717, 1.165) is 28.3 Å². The molecule has 1 aliphatic rings. The van der Waals surface area contributed by atoms with Crippen LogP contribution in [0.5, 0.6) is 0 Å². The molecule has 0 radical (unpaired) electrons. The fourth-order valence-corrected chi connectivity index (χ4v) is 3.36. The molecule has 1 amide bonds. The van der Waals surface area contributed by atoms with Crippen LogP contribution in [0.2, 0.25) is 0 Å². The zero-order chi connectivity index (χ0) is 17.6. The number of para-hydroxylation sites is 1. The Morgan fingerprint density at radius 3 is 2.64 bits per heavy atom. The predicted octanol–water partition coefficient (Wildman–Crippen LogP) is 4.10. The Morgan fingerprint density at radius 1 is 1.16 bits per heavy atom. The van der Waals surface area contributed by atoms with Crippen LogP contribution in [0.15, 0.2) is 48.5 Å². The highest BCUT2D eigenvalue weighted by atomic mass is 16.1. The van der Waals surface area contributed by atoms with E-state index in [1.54, 1.807) is 0 Å². The summed E-state index contributed by atoms with van der Waals surface area (Å²) in [6.07, 6.45) is -0.0799. The highest BCUT2D eigenvalue weighted by Gasteiger charge is 2.27. The Balaban J connectivity index is 1.78. The number of benzene rings is 2. The summed E-state index contributed by atoms with van der Waals surface area (Å²) < 4.78 is 2.03. The quantitative estimate of drug-likeness (QED) is 0.743. The summed E-state index contributed by atoms with van der Waals surface area (Å²) in [5.74, 6) is -0.0712. The number of carbonyl (C=O) groups is 1. The van der Waals surface area contributed by atoms with Crippen LogP contribution in [-0.4, -0.2) is 15.7 Å². The van der Waals surface area contributed by atoms with Gasteiger partial charge in [0.2, 0.25) is 5.91 Å². The Labute approximate surface area is 146 Å². The van der Waals surface area contributed by atoms with Gasteiger partial charge in [-0.15, -0.1) is 0 Å². The Hall–Kier alpha value is -3.08. The molecule has 2 N–H and O–H groups in total. The van der Waals surface area contributed by atoms with Gasteiger partial charge < -0.3 is 10.6 Å². The van der Waals surface area contributed by atoms with Crippen LogP contribution >= 0.6 is 0 Å². The Bertz CT molecular complexity index is 956. The zero-order valence-corrected chi connectivity index (χ0v) is 14.5. The van der Waals surface area contributed by atoms with Gasteiger partial charge in [0.15, 0.2) is 0 Å².